The fraction of sp³-hybridized carbons (Fsp3) is 0.929. The van der Waals surface area contributed by atoms with Crippen LogP contribution in [0.5, 0.6) is 0 Å². The third-order valence-corrected chi connectivity index (χ3v) is 4.18. The predicted molar refractivity (Wildman–Crippen MR) is 69.2 cm³/mol. The zero-order chi connectivity index (χ0) is 12.8. The number of carbonyl (C=O) groups is 1. The lowest BCUT2D eigenvalue weighted by atomic mass is 9.98. The van der Waals surface area contributed by atoms with Gasteiger partial charge in [0.1, 0.15) is 6.61 Å². The van der Waals surface area contributed by atoms with Crippen molar-refractivity contribution in [2.75, 3.05) is 13.2 Å². The summed E-state index contributed by atoms with van der Waals surface area (Å²) in [6.07, 6.45) is 8.94. The molecule has 0 aliphatic heterocycles. The van der Waals surface area contributed by atoms with Crippen molar-refractivity contribution in [3.8, 4) is 0 Å². The van der Waals surface area contributed by atoms with Crippen molar-refractivity contribution in [3.05, 3.63) is 0 Å². The molecule has 104 valence electrons. The monoisotopic (exact) mass is 255 g/mol. The first kappa shape index (κ1) is 13.8. The molecule has 0 spiro atoms. The van der Waals surface area contributed by atoms with Crippen LogP contribution >= 0.6 is 0 Å². The Balaban J connectivity index is 1.57. The zero-order valence-electron chi connectivity index (χ0n) is 11.1. The number of aliphatic hydroxyl groups excluding tert-OH is 1. The smallest absolute Gasteiger partial charge is 0.246 e. The largest absolute Gasteiger partial charge is 0.393 e. The molecule has 4 nitrogen and oxygen atoms in total. The highest BCUT2D eigenvalue weighted by atomic mass is 16.5. The molecular formula is C14H25NO3. The first-order valence-electron chi connectivity index (χ1n) is 7.32. The molecule has 0 bridgehead atoms. The number of hydrogen-bond donors (Lipinski definition) is 2. The van der Waals surface area contributed by atoms with Gasteiger partial charge in [-0.3, -0.25) is 4.79 Å². The first-order valence-corrected chi connectivity index (χ1v) is 7.32. The summed E-state index contributed by atoms with van der Waals surface area (Å²) in [5.41, 5.74) is 0. The fourth-order valence-corrected chi connectivity index (χ4v) is 2.98. The van der Waals surface area contributed by atoms with Gasteiger partial charge in [-0.2, -0.15) is 0 Å². The van der Waals surface area contributed by atoms with Crippen LogP contribution in [0.25, 0.3) is 0 Å². The van der Waals surface area contributed by atoms with Crippen molar-refractivity contribution < 1.29 is 14.6 Å². The standard InChI is InChI=1S/C14H25NO3/c16-13-8-4-5-11(13)9-15-14(17)10-18-12-6-2-1-3-7-12/h11-13,16H,1-10H2,(H,15,17). The van der Waals surface area contributed by atoms with Gasteiger partial charge in [0, 0.05) is 12.5 Å². The number of aliphatic hydroxyl groups is 1. The molecule has 2 N–H and O–H groups in total. The molecule has 18 heavy (non-hydrogen) atoms. The number of carbonyl (C=O) groups excluding carboxylic acids is 1. The van der Waals surface area contributed by atoms with Crippen LogP contribution < -0.4 is 5.32 Å². The highest BCUT2D eigenvalue weighted by molar-refractivity contribution is 5.77. The van der Waals surface area contributed by atoms with Gasteiger partial charge in [0.15, 0.2) is 0 Å². The second kappa shape index (κ2) is 7.10. The van der Waals surface area contributed by atoms with E-state index in [1.165, 1.54) is 19.3 Å². The van der Waals surface area contributed by atoms with E-state index in [4.69, 9.17) is 4.74 Å². The Morgan fingerprint density at radius 3 is 2.56 bits per heavy atom. The number of rotatable bonds is 5. The number of hydrogen-bond acceptors (Lipinski definition) is 3. The molecule has 2 rings (SSSR count). The van der Waals surface area contributed by atoms with E-state index in [1.54, 1.807) is 0 Å². The Morgan fingerprint density at radius 1 is 1.11 bits per heavy atom. The normalized spacial score (nSPS) is 29.4. The molecule has 0 saturated heterocycles. The molecule has 1 amide bonds. The summed E-state index contributed by atoms with van der Waals surface area (Å²) in [5.74, 6) is 0.198. The van der Waals surface area contributed by atoms with Gasteiger partial charge in [0.05, 0.1) is 12.2 Å². The molecule has 0 aromatic rings. The van der Waals surface area contributed by atoms with E-state index in [0.29, 0.717) is 6.54 Å². The average Bonchev–Trinajstić information content (AvgIpc) is 2.81. The van der Waals surface area contributed by atoms with E-state index in [1.807, 2.05) is 0 Å². The second-order valence-electron chi connectivity index (χ2n) is 5.63. The zero-order valence-corrected chi connectivity index (χ0v) is 11.1. The quantitative estimate of drug-likeness (QED) is 0.784. The lowest BCUT2D eigenvalue weighted by Gasteiger charge is -2.22. The highest BCUT2D eigenvalue weighted by Gasteiger charge is 2.25. The molecule has 2 fully saturated rings. The molecule has 2 saturated carbocycles. The van der Waals surface area contributed by atoms with Crippen LogP contribution in [0.3, 0.4) is 0 Å². The molecular weight excluding hydrogens is 230 g/mol. The van der Waals surface area contributed by atoms with Crippen LogP contribution in [0.15, 0.2) is 0 Å². The average molecular weight is 255 g/mol. The van der Waals surface area contributed by atoms with Gasteiger partial charge in [-0.1, -0.05) is 25.7 Å². The Labute approximate surface area is 109 Å². The van der Waals surface area contributed by atoms with E-state index in [9.17, 15) is 9.90 Å². The van der Waals surface area contributed by atoms with Crippen LogP contribution in [-0.2, 0) is 9.53 Å². The molecule has 2 unspecified atom stereocenters. The van der Waals surface area contributed by atoms with E-state index in [-0.39, 0.29) is 30.6 Å². The maximum Gasteiger partial charge on any atom is 0.246 e. The van der Waals surface area contributed by atoms with Crippen molar-refractivity contribution in [2.24, 2.45) is 5.92 Å². The van der Waals surface area contributed by atoms with Crippen LogP contribution in [0, 0.1) is 5.92 Å². The van der Waals surface area contributed by atoms with Crippen LogP contribution in [0.2, 0.25) is 0 Å². The molecule has 0 aromatic carbocycles. The number of nitrogens with one attached hydrogen (secondary N) is 1. The minimum atomic E-state index is -0.232. The van der Waals surface area contributed by atoms with Crippen molar-refractivity contribution in [3.63, 3.8) is 0 Å². The first-order chi connectivity index (χ1) is 8.75. The Hall–Kier alpha value is -0.610. The Kier molecular flexibility index (Phi) is 5.45. The van der Waals surface area contributed by atoms with Gasteiger partial charge in [-0.25, -0.2) is 0 Å². The number of amides is 1. The maximum absolute atomic E-state index is 11.6. The maximum atomic E-state index is 11.6. The van der Waals surface area contributed by atoms with E-state index in [2.05, 4.69) is 5.32 Å². The van der Waals surface area contributed by atoms with Crippen molar-refractivity contribution >= 4 is 5.91 Å². The summed E-state index contributed by atoms with van der Waals surface area (Å²) < 4.78 is 5.61. The van der Waals surface area contributed by atoms with Gasteiger partial charge in [0.2, 0.25) is 5.91 Å². The summed E-state index contributed by atoms with van der Waals surface area (Å²) in [5, 5.41) is 12.5. The molecule has 2 aliphatic carbocycles. The Bertz CT molecular complexity index is 264. The minimum absolute atomic E-state index is 0.0420. The lowest BCUT2D eigenvalue weighted by molar-refractivity contribution is -0.128. The second-order valence-corrected chi connectivity index (χ2v) is 5.63. The molecule has 4 heteroatoms. The van der Waals surface area contributed by atoms with Gasteiger partial charge < -0.3 is 15.2 Å². The SMILES string of the molecule is O=C(COC1CCCCC1)NCC1CCCC1O. The molecule has 0 aromatic heterocycles. The highest BCUT2D eigenvalue weighted by Crippen LogP contribution is 2.24. The van der Waals surface area contributed by atoms with Gasteiger partial charge in [0.25, 0.3) is 0 Å². The van der Waals surface area contributed by atoms with Crippen molar-refractivity contribution in [1.82, 2.24) is 5.32 Å². The summed E-state index contributed by atoms with van der Waals surface area (Å²) >= 11 is 0. The van der Waals surface area contributed by atoms with Crippen molar-refractivity contribution in [1.29, 1.82) is 0 Å². The topological polar surface area (TPSA) is 58.6 Å². The molecule has 2 atom stereocenters. The van der Waals surface area contributed by atoms with Crippen LogP contribution in [0.1, 0.15) is 51.4 Å². The van der Waals surface area contributed by atoms with E-state index in [0.717, 1.165) is 32.1 Å². The number of ether oxygens (including phenoxy) is 1. The summed E-state index contributed by atoms with van der Waals surface area (Å²) in [7, 11) is 0. The van der Waals surface area contributed by atoms with Gasteiger partial charge >= 0.3 is 0 Å². The van der Waals surface area contributed by atoms with E-state index < -0.39 is 0 Å². The third-order valence-electron chi connectivity index (χ3n) is 4.18. The fourth-order valence-electron chi connectivity index (χ4n) is 2.98. The van der Waals surface area contributed by atoms with Crippen LogP contribution in [0.4, 0.5) is 0 Å². The summed E-state index contributed by atoms with van der Waals surface area (Å²) in [6, 6.07) is 0. The summed E-state index contributed by atoms with van der Waals surface area (Å²) in [4.78, 5) is 11.6. The lowest BCUT2D eigenvalue weighted by Crippen LogP contribution is -2.35. The summed E-state index contributed by atoms with van der Waals surface area (Å²) in [6.45, 7) is 0.765. The molecule has 0 radical (unpaired) electrons. The predicted octanol–water partition coefficient (Wildman–Crippen LogP) is 1.61. The third kappa shape index (κ3) is 4.25. The van der Waals surface area contributed by atoms with Gasteiger partial charge in [-0.05, 0) is 25.7 Å². The molecule has 2 aliphatic rings. The van der Waals surface area contributed by atoms with Crippen LogP contribution in [-0.4, -0.2) is 36.4 Å². The van der Waals surface area contributed by atoms with Gasteiger partial charge in [-0.15, -0.1) is 0 Å². The minimum Gasteiger partial charge on any atom is -0.393 e. The van der Waals surface area contributed by atoms with Crippen molar-refractivity contribution in [2.45, 2.75) is 63.6 Å². The molecule has 0 heterocycles. The Morgan fingerprint density at radius 2 is 1.89 bits per heavy atom. The van der Waals surface area contributed by atoms with E-state index >= 15 is 0 Å².